The van der Waals surface area contributed by atoms with Crippen LogP contribution in [0.15, 0.2) is 55.2 Å². The highest BCUT2D eigenvalue weighted by molar-refractivity contribution is 5.97. The van der Waals surface area contributed by atoms with E-state index in [2.05, 4.69) is 25.4 Å². The van der Waals surface area contributed by atoms with Crippen LogP contribution in [-0.4, -0.2) is 80.5 Å². The van der Waals surface area contributed by atoms with E-state index in [1.807, 2.05) is 13.0 Å². The van der Waals surface area contributed by atoms with Crippen LogP contribution in [-0.2, 0) is 4.74 Å². The summed E-state index contributed by atoms with van der Waals surface area (Å²) in [5, 5.41) is 7.72. The molecule has 0 saturated carbocycles. The normalized spacial score (nSPS) is 16.1. The standard InChI is InChI=1S/C33H35F2N7O6/c1-19-11-22(25(45-6)15-24(19)46-20-7-10-42-28(14-20)37-18-39-42)40-30-29-23(36-17-38-30)12-21(44-5)13-26(29)47-27-8-9-41(16-33(27,34)35)31(43)48-32(2,3)4/h7,10-15,17-18,27H,8-9,16H2,1-6H3,(H,36,38,40). The van der Waals surface area contributed by atoms with Crippen LogP contribution in [0.4, 0.5) is 25.1 Å². The highest BCUT2D eigenvalue weighted by Gasteiger charge is 2.48. The van der Waals surface area contributed by atoms with Crippen LogP contribution in [0.5, 0.6) is 28.7 Å². The van der Waals surface area contributed by atoms with Crippen LogP contribution in [0.2, 0.25) is 0 Å². The van der Waals surface area contributed by atoms with Gasteiger partial charge in [0.15, 0.2) is 11.8 Å². The van der Waals surface area contributed by atoms with Crippen molar-refractivity contribution in [2.45, 2.75) is 51.7 Å². The molecule has 1 aliphatic heterocycles. The zero-order valence-electron chi connectivity index (χ0n) is 27.3. The lowest BCUT2D eigenvalue weighted by Crippen LogP contribution is -2.56. The van der Waals surface area contributed by atoms with Crippen LogP contribution in [0.1, 0.15) is 32.8 Å². The van der Waals surface area contributed by atoms with E-state index in [1.54, 1.807) is 55.7 Å². The third-order valence-corrected chi connectivity index (χ3v) is 7.60. The molecule has 4 heterocycles. The molecular formula is C33H35F2N7O6. The zero-order chi connectivity index (χ0) is 34.2. The first kappa shape index (κ1) is 32.5. The molecule has 0 radical (unpaired) electrons. The summed E-state index contributed by atoms with van der Waals surface area (Å²) in [5.74, 6) is -1.12. The third-order valence-electron chi connectivity index (χ3n) is 7.60. The number of anilines is 2. The van der Waals surface area contributed by atoms with Crippen molar-refractivity contribution in [3.05, 3.63) is 60.8 Å². The Hall–Kier alpha value is -5.47. The number of benzene rings is 2. The number of carbonyl (C=O) groups is 1. The molecule has 13 nitrogen and oxygen atoms in total. The number of hydrogen-bond donors (Lipinski definition) is 1. The van der Waals surface area contributed by atoms with Gasteiger partial charge in [-0.05, 0) is 45.4 Å². The lowest BCUT2D eigenvalue weighted by atomic mass is 10.0. The van der Waals surface area contributed by atoms with E-state index in [-0.39, 0.29) is 24.5 Å². The molecule has 1 fully saturated rings. The monoisotopic (exact) mass is 663 g/mol. The summed E-state index contributed by atoms with van der Waals surface area (Å²) in [7, 11) is 2.98. The Morgan fingerprint density at radius 2 is 1.79 bits per heavy atom. The van der Waals surface area contributed by atoms with Crippen molar-refractivity contribution >= 4 is 34.1 Å². The summed E-state index contributed by atoms with van der Waals surface area (Å²) < 4.78 is 61.3. The van der Waals surface area contributed by atoms with Crippen molar-refractivity contribution < 1.29 is 37.3 Å². The summed E-state index contributed by atoms with van der Waals surface area (Å²) in [6.07, 6.45) is 2.06. The minimum atomic E-state index is -3.39. The predicted molar refractivity (Wildman–Crippen MR) is 172 cm³/mol. The number of likely N-dealkylation sites (tertiary alicyclic amines) is 1. The average Bonchev–Trinajstić information content (AvgIpc) is 3.50. The Morgan fingerprint density at radius 1 is 0.979 bits per heavy atom. The molecule has 0 spiro atoms. The SMILES string of the molecule is COc1cc(OC2CCN(C(=O)OC(C)(C)C)CC2(F)F)c2c(Nc3cc(C)c(Oc4ccn5ncnc5c4)cc3OC)ncnc2c1. The second-order valence-corrected chi connectivity index (χ2v) is 12.3. The Bertz CT molecular complexity index is 1980. The van der Waals surface area contributed by atoms with Gasteiger partial charge in [0, 0.05) is 43.4 Å². The van der Waals surface area contributed by atoms with Crippen molar-refractivity contribution in [1.29, 1.82) is 0 Å². The molecule has 0 bridgehead atoms. The van der Waals surface area contributed by atoms with Crippen LogP contribution in [0.3, 0.4) is 0 Å². The first-order chi connectivity index (χ1) is 22.8. The molecule has 15 heteroatoms. The zero-order valence-corrected chi connectivity index (χ0v) is 27.3. The number of halogens is 2. The number of aryl methyl sites for hydroxylation is 1. The van der Waals surface area contributed by atoms with Gasteiger partial charge >= 0.3 is 12.0 Å². The number of methoxy groups -OCH3 is 2. The molecule has 5 aromatic rings. The van der Waals surface area contributed by atoms with Crippen molar-refractivity contribution in [2.75, 3.05) is 32.6 Å². The Kier molecular flexibility index (Phi) is 8.54. The van der Waals surface area contributed by atoms with Gasteiger partial charge in [0.05, 0.1) is 37.4 Å². The predicted octanol–water partition coefficient (Wildman–Crippen LogP) is 6.56. The van der Waals surface area contributed by atoms with E-state index >= 15 is 8.78 Å². The smallest absolute Gasteiger partial charge is 0.410 e. The number of ether oxygens (including phenoxy) is 5. The molecule has 1 N–H and O–H groups in total. The second kappa shape index (κ2) is 12.6. The molecule has 2 aromatic carbocycles. The lowest BCUT2D eigenvalue weighted by molar-refractivity contribution is -0.137. The summed E-state index contributed by atoms with van der Waals surface area (Å²) in [4.78, 5) is 26.5. The highest BCUT2D eigenvalue weighted by Crippen LogP contribution is 2.42. The first-order valence-electron chi connectivity index (χ1n) is 15.1. The summed E-state index contributed by atoms with van der Waals surface area (Å²) in [6, 6.07) is 10.3. The fourth-order valence-corrected chi connectivity index (χ4v) is 5.30. The summed E-state index contributed by atoms with van der Waals surface area (Å²) in [6.45, 7) is 6.09. The number of aromatic nitrogens is 5. The number of pyridine rings is 1. The maximum Gasteiger partial charge on any atom is 0.410 e. The van der Waals surface area contributed by atoms with E-state index in [4.69, 9.17) is 23.7 Å². The molecule has 48 heavy (non-hydrogen) atoms. The maximum atomic E-state index is 15.5. The van der Waals surface area contributed by atoms with Crippen LogP contribution < -0.4 is 24.3 Å². The number of piperidine rings is 1. The number of nitrogens with zero attached hydrogens (tertiary/aromatic N) is 6. The first-order valence-corrected chi connectivity index (χ1v) is 15.1. The van der Waals surface area contributed by atoms with E-state index < -0.39 is 30.3 Å². The largest absolute Gasteiger partial charge is 0.497 e. The lowest BCUT2D eigenvalue weighted by Gasteiger charge is -2.38. The number of hydrogen-bond acceptors (Lipinski definition) is 11. The molecule has 3 aromatic heterocycles. The van der Waals surface area contributed by atoms with Gasteiger partial charge in [0.25, 0.3) is 0 Å². The summed E-state index contributed by atoms with van der Waals surface area (Å²) >= 11 is 0. The average molecular weight is 664 g/mol. The molecule has 0 aliphatic carbocycles. The molecule has 1 unspecified atom stereocenters. The summed E-state index contributed by atoms with van der Waals surface area (Å²) in [5.41, 5.74) is 1.52. The van der Waals surface area contributed by atoms with Crippen LogP contribution in [0.25, 0.3) is 16.6 Å². The van der Waals surface area contributed by atoms with E-state index in [0.29, 0.717) is 45.2 Å². The minimum Gasteiger partial charge on any atom is -0.497 e. The van der Waals surface area contributed by atoms with E-state index in [1.165, 1.54) is 32.9 Å². The van der Waals surface area contributed by atoms with E-state index in [0.717, 1.165) is 10.5 Å². The van der Waals surface area contributed by atoms with Gasteiger partial charge in [-0.15, -0.1) is 0 Å². The molecule has 1 saturated heterocycles. The van der Waals surface area contributed by atoms with Crippen molar-refractivity contribution in [1.82, 2.24) is 29.5 Å². The highest BCUT2D eigenvalue weighted by atomic mass is 19.3. The molecule has 6 rings (SSSR count). The maximum absolute atomic E-state index is 15.5. The fourth-order valence-electron chi connectivity index (χ4n) is 5.30. The minimum absolute atomic E-state index is 0.0242. The Labute approximate surface area is 274 Å². The topological polar surface area (TPSA) is 134 Å². The van der Waals surface area contributed by atoms with Gasteiger partial charge in [-0.1, -0.05) is 0 Å². The van der Waals surface area contributed by atoms with Crippen molar-refractivity contribution in [3.8, 4) is 28.7 Å². The number of carbonyl (C=O) groups excluding carboxylic acids is 1. The van der Waals surface area contributed by atoms with Gasteiger partial charge in [-0.3, -0.25) is 0 Å². The molecule has 252 valence electrons. The molecule has 1 atom stereocenters. The third kappa shape index (κ3) is 6.80. The van der Waals surface area contributed by atoms with Gasteiger partial charge in [0.2, 0.25) is 0 Å². The number of fused-ring (bicyclic) bond motifs is 2. The van der Waals surface area contributed by atoms with Crippen LogP contribution in [0, 0.1) is 6.92 Å². The fraction of sp³-hybridized carbons (Fsp3) is 0.364. The second-order valence-electron chi connectivity index (χ2n) is 12.3. The molecule has 1 amide bonds. The molecular weight excluding hydrogens is 628 g/mol. The Balaban J connectivity index is 1.29. The van der Waals surface area contributed by atoms with Gasteiger partial charge in [0.1, 0.15) is 52.8 Å². The van der Waals surface area contributed by atoms with Crippen molar-refractivity contribution in [3.63, 3.8) is 0 Å². The van der Waals surface area contributed by atoms with Crippen molar-refractivity contribution in [2.24, 2.45) is 0 Å². The molecule has 1 aliphatic rings. The van der Waals surface area contributed by atoms with Gasteiger partial charge in [-0.2, -0.15) is 5.10 Å². The van der Waals surface area contributed by atoms with Gasteiger partial charge < -0.3 is 33.9 Å². The van der Waals surface area contributed by atoms with Gasteiger partial charge in [-0.25, -0.2) is 33.0 Å². The number of amides is 1. The van der Waals surface area contributed by atoms with E-state index in [9.17, 15) is 4.79 Å². The quantitative estimate of drug-likeness (QED) is 0.194. The van der Waals surface area contributed by atoms with Crippen LogP contribution >= 0.6 is 0 Å². The number of alkyl halides is 2. The number of rotatable bonds is 8. The Morgan fingerprint density at radius 3 is 2.52 bits per heavy atom. The number of nitrogens with one attached hydrogen (secondary N) is 1.